The second kappa shape index (κ2) is 11.9. The lowest BCUT2D eigenvalue weighted by Crippen LogP contribution is -2.47. The summed E-state index contributed by atoms with van der Waals surface area (Å²) in [5.41, 5.74) is 6.59. The molecule has 0 spiro atoms. The summed E-state index contributed by atoms with van der Waals surface area (Å²) in [7, 11) is 1.63. The zero-order valence-electron chi connectivity index (χ0n) is 25.3. The van der Waals surface area contributed by atoms with Crippen LogP contribution in [-0.4, -0.2) is 84.8 Å². The van der Waals surface area contributed by atoms with Gasteiger partial charge in [-0.1, -0.05) is 6.07 Å². The number of carbonyl (C=O) groups excluding carboxylic acids is 2. The molecule has 9 heteroatoms. The molecule has 42 heavy (non-hydrogen) atoms. The number of aromatic nitrogens is 1. The highest BCUT2D eigenvalue weighted by Gasteiger charge is 2.38. The number of nitrogens with one attached hydrogen (secondary N) is 1. The number of thiophene rings is 1. The number of hydrogen-bond acceptors (Lipinski definition) is 6. The lowest BCUT2D eigenvalue weighted by atomic mass is 9.91. The van der Waals surface area contributed by atoms with Crippen molar-refractivity contribution in [2.45, 2.75) is 58.5 Å². The Balaban J connectivity index is 1.44. The number of methoxy groups -OCH3 is 1. The van der Waals surface area contributed by atoms with Gasteiger partial charge in [0.25, 0.3) is 11.8 Å². The van der Waals surface area contributed by atoms with Crippen LogP contribution in [0.4, 0.5) is 0 Å². The first kappa shape index (κ1) is 29.0. The Morgan fingerprint density at radius 3 is 2.60 bits per heavy atom. The van der Waals surface area contributed by atoms with E-state index < -0.39 is 0 Å². The molecule has 0 unspecified atom stereocenters. The molecule has 0 atom stereocenters. The van der Waals surface area contributed by atoms with E-state index >= 15 is 0 Å². The van der Waals surface area contributed by atoms with E-state index in [1.807, 2.05) is 17.0 Å². The minimum Gasteiger partial charge on any atom is -0.496 e. The van der Waals surface area contributed by atoms with Crippen LogP contribution in [-0.2, 0) is 24.1 Å². The minimum absolute atomic E-state index is 0.110. The van der Waals surface area contributed by atoms with E-state index in [0.717, 1.165) is 104 Å². The molecule has 3 aromatic rings. The van der Waals surface area contributed by atoms with Crippen LogP contribution in [0.2, 0.25) is 0 Å². The van der Waals surface area contributed by atoms with Gasteiger partial charge >= 0.3 is 0 Å². The molecule has 2 aromatic heterocycles. The fourth-order valence-corrected chi connectivity index (χ4v) is 7.46. The first-order chi connectivity index (χ1) is 20.3. The Labute approximate surface area is 252 Å². The normalized spacial score (nSPS) is 17.6. The molecule has 1 saturated heterocycles. The van der Waals surface area contributed by atoms with Crippen molar-refractivity contribution in [3.63, 3.8) is 0 Å². The maximum atomic E-state index is 14.3. The molecule has 6 rings (SSSR count). The monoisotopic (exact) mass is 590 g/mol. The van der Waals surface area contributed by atoms with Crippen LogP contribution in [0, 0.1) is 0 Å². The van der Waals surface area contributed by atoms with Crippen LogP contribution < -0.4 is 10.1 Å². The molecule has 0 saturated carbocycles. The summed E-state index contributed by atoms with van der Waals surface area (Å²) in [6.07, 6.45) is 3.65. The standard InChI is InChI=1S/C33H42N4O4S/c1-33(2,3)37-12-6-5-8-23-28(27-9-7-19-42-27)29-24-21-25(31(38)34-11-14-35-15-17-41-18-16-35)26(40-4)20-22(24)10-13-36(29)30(23)32(37)39/h7,9,19-21H,5-6,8,10-18H2,1-4H3,(H,34,38). The van der Waals surface area contributed by atoms with Crippen molar-refractivity contribution >= 4 is 23.2 Å². The molecule has 1 fully saturated rings. The van der Waals surface area contributed by atoms with Crippen molar-refractivity contribution in [3.8, 4) is 27.4 Å². The van der Waals surface area contributed by atoms with E-state index in [1.54, 1.807) is 18.4 Å². The zero-order chi connectivity index (χ0) is 29.4. The first-order valence-corrected chi connectivity index (χ1v) is 16.1. The predicted octanol–water partition coefficient (Wildman–Crippen LogP) is 5.09. The summed E-state index contributed by atoms with van der Waals surface area (Å²) < 4.78 is 13.5. The van der Waals surface area contributed by atoms with Crippen LogP contribution in [0.5, 0.6) is 5.75 Å². The van der Waals surface area contributed by atoms with Gasteiger partial charge in [-0.15, -0.1) is 11.3 Å². The number of hydrogen-bond donors (Lipinski definition) is 1. The van der Waals surface area contributed by atoms with E-state index in [-0.39, 0.29) is 17.4 Å². The van der Waals surface area contributed by atoms with E-state index in [9.17, 15) is 9.59 Å². The minimum atomic E-state index is -0.272. The van der Waals surface area contributed by atoms with Crippen LogP contribution in [0.25, 0.3) is 21.7 Å². The number of rotatable bonds is 6. The quantitative estimate of drug-likeness (QED) is 0.433. The molecule has 0 radical (unpaired) electrons. The fourth-order valence-electron chi connectivity index (χ4n) is 6.67. The summed E-state index contributed by atoms with van der Waals surface area (Å²) in [4.78, 5) is 33.4. The number of morpholine rings is 1. The number of amides is 2. The third kappa shape index (κ3) is 5.38. The van der Waals surface area contributed by atoms with E-state index in [1.165, 1.54) is 0 Å². The average Bonchev–Trinajstić information content (AvgIpc) is 3.61. The third-order valence-corrected chi connectivity index (χ3v) is 9.68. The van der Waals surface area contributed by atoms with E-state index in [0.29, 0.717) is 24.4 Å². The molecule has 224 valence electrons. The molecular formula is C33H42N4O4S. The Morgan fingerprint density at radius 1 is 1.07 bits per heavy atom. The second-order valence-corrected chi connectivity index (χ2v) is 13.4. The van der Waals surface area contributed by atoms with Crippen LogP contribution in [0.1, 0.15) is 65.6 Å². The van der Waals surface area contributed by atoms with Crippen molar-refractivity contribution in [1.29, 1.82) is 0 Å². The highest BCUT2D eigenvalue weighted by molar-refractivity contribution is 7.13. The molecule has 1 aromatic carbocycles. The molecule has 3 aliphatic heterocycles. The van der Waals surface area contributed by atoms with Crippen molar-refractivity contribution in [2.24, 2.45) is 0 Å². The van der Waals surface area contributed by atoms with Gasteiger partial charge in [0.15, 0.2) is 0 Å². The average molecular weight is 591 g/mol. The van der Waals surface area contributed by atoms with Crippen LogP contribution in [0.15, 0.2) is 29.6 Å². The van der Waals surface area contributed by atoms with Gasteiger partial charge in [0.05, 0.1) is 31.6 Å². The predicted molar refractivity (Wildman–Crippen MR) is 167 cm³/mol. The summed E-state index contributed by atoms with van der Waals surface area (Å²) in [6.45, 7) is 12.4. The number of nitrogens with zero attached hydrogens (tertiary/aromatic N) is 3. The summed E-state index contributed by atoms with van der Waals surface area (Å²) >= 11 is 1.71. The second-order valence-electron chi connectivity index (χ2n) is 12.4. The van der Waals surface area contributed by atoms with Gasteiger partial charge in [0.2, 0.25) is 0 Å². The number of fused-ring (bicyclic) bond motifs is 5. The molecule has 2 amide bonds. The van der Waals surface area contributed by atoms with Gasteiger partial charge < -0.3 is 24.3 Å². The van der Waals surface area contributed by atoms with Gasteiger partial charge in [-0.25, -0.2) is 0 Å². The Hall–Kier alpha value is -3.14. The van der Waals surface area contributed by atoms with Gasteiger partial charge in [-0.2, -0.15) is 0 Å². The largest absolute Gasteiger partial charge is 0.496 e. The molecular weight excluding hydrogens is 548 g/mol. The molecule has 3 aliphatic rings. The smallest absolute Gasteiger partial charge is 0.271 e. The first-order valence-electron chi connectivity index (χ1n) is 15.2. The molecule has 0 bridgehead atoms. The van der Waals surface area contributed by atoms with Gasteiger partial charge in [-0.05, 0) is 81.2 Å². The maximum Gasteiger partial charge on any atom is 0.271 e. The summed E-state index contributed by atoms with van der Waals surface area (Å²) in [5, 5.41) is 5.22. The highest BCUT2D eigenvalue weighted by Crippen LogP contribution is 2.47. The maximum absolute atomic E-state index is 14.3. The van der Waals surface area contributed by atoms with Crippen molar-refractivity contribution in [2.75, 3.05) is 53.0 Å². The topological polar surface area (TPSA) is 76.0 Å². The Morgan fingerprint density at radius 2 is 1.88 bits per heavy atom. The lowest BCUT2D eigenvalue weighted by molar-refractivity contribution is 0.0383. The summed E-state index contributed by atoms with van der Waals surface area (Å²) in [6, 6.07) is 8.26. The van der Waals surface area contributed by atoms with E-state index in [2.05, 4.69) is 53.1 Å². The SMILES string of the molecule is COc1cc2c(cc1C(=O)NCCN1CCOCC1)-c1c(-c3cccs3)c3c(n1CC2)C(=O)N(C(C)(C)C)CCCC3. The Bertz CT molecular complexity index is 1460. The third-order valence-electron chi connectivity index (χ3n) is 8.79. The van der Waals surface area contributed by atoms with Crippen LogP contribution in [0.3, 0.4) is 0 Å². The molecule has 1 N–H and O–H groups in total. The lowest BCUT2D eigenvalue weighted by Gasteiger charge is -2.37. The van der Waals surface area contributed by atoms with Gasteiger partial charge in [0, 0.05) is 60.8 Å². The number of carbonyl (C=O) groups is 2. The van der Waals surface area contributed by atoms with Gasteiger partial charge in [-0.3, -0.25) is 14.5 Å². The van der Waals surface area contributed by atoms with Crippen molar-refractivity contribution in [3.05, 3.63) is 52.0 Å². The summed E-state index contributed by atoms with van der Waals surface area (Å²) in [5.74, 6) is 0.556. The highest BCUT2D eigenvalue weighted by atomic mass is 32.1. The van der Waals surface area contributed by atoms with Crippen molar-refractivity contribution < 1.29 is 19.1 Å². The van der Waals surface area contributed by atoms with Crippen LogP contribution >= 0.6 is 11.3 Å². The van der Waals surface area contributed by atoms with Gasteiger partial charge in [0.1, 0.15) is 11.4 Å². The zero-order valence-corrected chi connectivity index (χ0v) is 26.1. The van der Waals surface area contributed by atoms with E-state index in [4.69, 9.17) is 9.47 Å². The molecule has 0 aliphatic carbocycles. The number of aryl methyl sites for hydroxylation is 1. The fraction of sp³-hybridized carbons (Fsp3) is 0.515. The molecule has 8 nitrogen and oxygen atoms in total. The number of benzene rings is 1. The Kier molecular flexibility index (Phi) is 8.18. The van der Waals surface area contributed by atoms with Crippen molar-refractivity contribution in [1.82, 2.24) is 19.7 Å². The number of ether oxygens (including phenoxy) is 2. The molecule has 5 heterocycles.